The molecule has 0 fully saturated rings. The predicted molar refractivity (Wildman–Crippen MR) is 98.5 cm³/mol. The van der Waals surface area contributed by atoms with Crippen molar-refractivity contribution in [3.8, 4) is 17.2 Å². The van der Waals surface area contributed by atoms with Gasteiger partial charge in [-0.05, 0) is 41.5 Å². The van der Waals surface area contributed by atoms with Crippen LogP contribution in [0.5, 0.6) is 17.2 Å². The summed E-state index contributed by atoms with van der Waals surface area (Å²) in [4.78, 5) is 12.1. The zero-order valence-electron chi connectivity index (χ0n) is 15.5. The maximum absolute atomic E-state index is 13.5. The first-order valence-corrected chi connectivity index (χ1v) is 8.19. The number of rotatable bonds is 7. The van der Waals surface area contributed by atoms with E-state index in [4.69, 9.17) is 14.2 Å². The van der Waals surface area contributed by atoms with Crippen molar-refractivity contribution in [1.29, 1.82) is 0 Å². The lowest BCUT2D eigenvalue weighted by Crippen LogP contribution is -2.37. The normalized spacial score (nSPS) is 12.5. The van der Waals surface area contributed by atoms with E-state index in [9.17, 15) is 18.0 Å². The van der Waals surface area contributed by atoms with Gasteiger partial charge >= 0.3 is 6.18 Å². The Labute approximate surface area is 160 Å². The second kappa shape index (κ2) is 9.16. The molecular weight excluding hydrogens is 375 g/mol. The highest BCUT2D eigenvalue weighted by Gasteiger charge is 2.42. The van der Waals surface area contributed by atoms with E-state index in [0.717, 1.165) is 6.08 Å². The highest BCUT2D eigenvalue weighted by Crippen LogP contribution is 2.37. The van der Waals surface area contributed by atoms with E-state index < -0.39 is 18.1 Å². The number of hydrogen-bond acceptors (Lipinski definition) is 4. The molecule has 0 radical (unpaired) electrons. The van der Waals surface area contributed by atoms with Crippen molar-refractivity contribution in [1.82, 2.24) is 5.32 Å². The number of halogens is 3. The van der Waals surface area contributed by atoms with E-state index in [2.05, 4.69) is 0 Å². The fourth-order valence-corrected chi connectivity index (χ4v) is 2.49. The van der Waals surface area contributed by atoms with Gasteiger partial charge in [-0.25, -0.2) is 0 Å². The Hall–Kier alpha value is -3.16. The topological polar surface area (TPSA) is 56.8 Å². The second-order valence-corrected chi connectivity index (χ2v) is 5.71. The fraction of sp³-hybridized carbons (Fsp3) is 0.250. The average Bonchev–Trinajstić information content (AvgIpc) is 2.69. The van der Waals surface area contributed by atoms with Gasteiger partial charge in [0.2, 0.25) is 5.91 Å². The van der Waals surface area contributed by atoms with Crippen molar-refractivity contribution in [2.75, 3.05) is 21.3 Å². The first-order chi connectivity index (χ1) is 13.3. The highest BCUT2D eigenvalue weighted by molar-refractivity contribution is 5.92. The molecule has 2 aromatic carbocycles. The van der Waals surface area contributed by atoms with Gasteiger partial charge in [0.05, 0.1) is 21.3 Å². The molecule has 28 heavy (non-hydrogen) atoms. The molecule has 2 aromatic rings. The van der Waals surface area contributed by atoms with E-state index >= 15 is 0 Å². The third-order valence-electron chi connectivity index (χ3n) is 3.88. The Morgan fingerprint density at radius 2 is 1.71 bits per heavy atom. The maximum atomic E-state index is 13.5. The molecule has 1 amide bonds. The molecule has 0 saturated heterocycles. The van der Waals surface area contributed by atoms with E-state index in [1.54, 1.807) is 24.3 Å². The third kappa shape index (κ3) is 5.42. The molecule has 0 saturated carbocycles. The first kappa shape index (κ1) is 21.1. The summed E-state index contributed by atoms with van der Waals surface area (Å²) in [6.07, 6.45) is -2.26. The van der Waals surface area contributed by atoms with E-state index in [-0.39, 0.29) is 17.1 Å². The number of ether oxygens (including phenoxy) is 3. The Kier molecular flexibility index (Phi) is 6.92. The smallest absolute Gasteiger partial charge is 0.412 e. The van der Waals surface area contributed by atoms with Gasteiger partial charge in [-0.1, -0.05) is 18.2 Å². The van der Waals surface area contributed by atoms with Crippen LogP contribution in [0.4, 0.5) is 13.2 Å². The van der Waals surface area contributed by atoms with Crippen LogP contribution in [0.3, 0.4) is 0 Å². The molecule has 0 aromatic heterocycles. The van der Waals surface area contributed by atoms with Crippen LogP contribution in [0.1, 0.15) is 17.2 Å². The van der Waals surface area contributed by atoms with Crippen molar-refractivity contribution < 1.29 is 32.2 Å². The van der Waals surface area contributed by atoms with Crippen molar-refractivity contribution in [2.24, 2.45) is 0 Å². The van der Waals surface area contributed by atoms with E-state index in [0.29, 0.717) is 11.3 Å². The van der Waals surface area contributed by atoms with Crippen LogP contribution in [-0.2, 0) is 4.79 Å². The number of methoxy groups -OCH3 is 3. The number of benzene rings is 2. The molecule has 0 spiro atoms. The standard InChI is InChI=1S/C20H20F3NO4/c1-26-15-6-4-5-13(11-15)7-10-18(25)24-19(20(21,22)23)14-8-9-16(27-2)17(12-14)28-3/h4-12,19H,1-3H3,(H,24,25)/b10-7-/t19-/m0/s1. The lowest BCUT2D eigenvalue weighted by Gasteiger charge is -2.22. The van der Waals surface area contributed by atoms with E-state index in [1.807, 2.05) is 5.32 Å². The lowest BCUT2D eigenvalue weighted by atomic mass is 10.1. The lowest BCUT2D eigenvalue weighted by molar-refractivity contribution is -0.162. The van der Waals surface area contributed by atoms with Crippen LogP contribution in [0.2, 0.25) is 0 Å². The minimum absolute atomic E-state index is 0.135. The largest absolute Gasteiger partial charge is 0.497 e. The first-order valence-electron chi connectivity index (χ1n) is 8.19. The molecule has 8 heteroatoms. The molecule has 0 bridgehead atoms. The SMILES string of the molecule is COc1cccc(/C=C\C(=O)N[C@@H](c2ccc(OC)c(OC)c2)C(F)(F)F)c1. The molecule has 150 valence electrons. The molecule has 0 aliphatic heterocycles. The van der Waals surface area contributed by atoms with Crippen LogP contribution >= 0.6 is 0 Å². The van der Waals surface area contributed by atoms with Crippen LogP contribution in [0.25, 0.3) is 6.08 Å². The zero-order valence-corrected chi connectivity index (χ0v) is 15.5. The van der Waals surface area contributed by atoms with Crippen LogP contribution in [-0.4, -0.2) is 33.4 Å². The molecule has 2 rings (SSSR count). The molecular formula is C20H20F3NO4. The fourth-order valence-electron chi connectivity index (χ4n) is 2.49. The Balaban J connectivity index is 2.22. The molecule has 0 heterocycles. The summed E-state index contributed by atoms with van der Waals surface area (Å²) in [5.74, 6) is 0.104. The van der Waals surface area contributed by atoms with Gasteiger partial charge in [-0.2, -0.15) is 13.2 Å². The summed E-state index contributed by atoms with van der Waals surface area (Å²) in [6, 6.07) is 8.34. The van der Waals surface area contributed by atoms with Gasteiger partial charge in [0.25, 0.3) is 0 Å². The minimum atomic E-state index is -4.70. The molecule has 0 aliphatic rings. The number of alkyl halides is 3. The predicted octanol–water partition coefficient (Wildman–Crippen LogP) is 4.15. The monoisotopic (exact) mass is 395 g/mol. The number of carbonyl (C=O) groups excluding carboxylic acids is 1. The van der Waals surface area contributed by atoms with Gasteiger partial charge in [-0.15, -0.1) is 0 Å². The summed E-state index contributed by atoms with van der Waals surface area (Å²) in [6.45, 7) is 0. The zero-order chi connectivity index (χ0) is 20.7. The molecule has 1 atom stereocenters. The molecule has 0 aliphatic carbocycles. The minimum Gasteiger partial charge on any atom is -0.497 e. The van der Waals surface area contributed by atoms with Gasteiger partial charge in [-0.3, -0.25) is 4.79 Å². The number of nitrogens with one attached hydrogen (secondary N) is 1. The molecule has 5 nitrogen and oxygen atoms in total. The summed E-state index contributed by atoms with van der Waals surface area (Å²) in [7, 11) is 4.19. The van der Waals surface area contributed by atoms with E-state index in [1.165, 1.54) is 45.6 Å². The summed E-state index contributed by atoms with van der Waals surface area (Å²) in [5, 5.41) is 1.98. The third-order valence-corrected chi connectivity index (χ3v) is 3.88. The Morgan fingerprint density at radius 1 is 1.00 bits per heavy atom. The van der Waals surface area contributed by atoms with Crippen molar-refractivity contribution in [3.63, 3.8) is 0 Å². The Morgan fingerprint density at radius 3 is 2.32 bits per heavy atom. The quantitative estimate of drug-likeness (QED) is 0.716. The molecule has 1 N–H and O–H groups in total. The molecule has 0 unspecified atom stereocenters. The van der Waals surface area contributed by atoms with Gasteiger partial charge in [0, 0.05) is 6.08 Å². The van der Waals surface area contributed by atoms with Crippen LogP contribution in [0.15, 0.2) is 48.5 Å². The van der Waals surface area contributed by atoms with Crippen LogP contribution in [0, 0.1) is 0 Å². The number of amides is 1. The van der Waals surface area contributed by atoms with Gasteiger partial charge < -0.3 is 19.5 Å². The van der Waals surface area contributed by atoms with Crippen molar-refractivity contribution in [2.45, 2.75) is 12.2 Å². The van der Waals surface area contributed by atoms with Crippen molar-refractivity contribution in [3.05, 3.63) is 59.7 Å². The highest BCUT2D eigenvalue weighted by atomic mass is 19.4. The number of carbonyl (C=O) groups is 1. The van der Waals surface area contributed by atoms with Crippen LogP contribution < -0.4 is 19.5 Å². The average molecular weight is 395 g/mol. The summed E-state index contributed by atoms with van der Waals surface area (Å²) < 4.78 is 55.7. The summed E-state index contributed by atoms with van der Waals surface area (Å²) in [5.41, 5.74) is 0.442. The maximum Gasteiger partial charge on any atom is 0.412 e. The second-order valence-electron chi connectivity index (χ2n) is 5.71. The van der Waals surface area contributed by atoms with Gasteiger partial charge in [0.15, 0.2) is 17.5 Å². The number of hydrogen-bond donors (Lipinski definition) is 1. The summed E-state index contributed by atoms with van der Waals surface area (Å²) >= 11 is 0. The van der Waals surface area contributed by atoms with Crippen molar-refractivity contribution >= 4 is 12.0 Å². The Bertz CT molecular complexity index is 850. The van der Waals surface area contributed by atoms with Gasteiger partial charge in [0.1, 0.15) is 5.75 Å².